The van der Waals surface area contributed by atoms with Crippen molar-refractivity contribution >= 4 is 11.8 Å². The molecule has 2 aromatic carbocycles. The Balaban J connectivity index is 1.43. The summed E-state index contributed by atoms with van der Waals surface area (Å²) in [4.78, 5) is 27.6. The third-order valence-electron chi connectivity index (χ3n) is 5.75. The summed E-state index contributed by atoms with van der Waals surface area (Å²) in [6.45, 7) is 6.49. The van der Waals surface area contributed by atoms with Crippen LogP contribution in [0.25, 0.3) is 0 Å². The number of nitrogens with zero attached hydrogens (tertiary/aromatic N) is 3. The van der Waals surface area contributed by atoms with Crippen molar-refractivity contribution in [2.75, 3.05) is 13.1 Å². The Morgan fingerprint density at radius 1 is 1.10 bits per heavy atom. The Hall–Kier alpha value is -3.41. The maximum atomic E-state index is 13.1. The van der Waals surface area contributed by atoms with Crippen molar-refractivity contribution in [3.05, 3.63) is 88.7 Å². The van der Waals surface area contributed by atoms with Crippen LogP contribution in [-0.4, -0.2) is 39.6 Å². The average Bonchev–Trinajstić information content (AvgIpc) is 3.16. The van der Waals surface area contributed by atoms with Crippen molar-refractivity contribution in [3.8, 4) is 0 Å². The maximum absolute atomic E-state index is 13.1. The highest BCUT2D eigenvalue weighted by molar-refractivity contribution is 5.98. The zero-order valence-electron chi connectivity index (χ0n) is 18.0. The number of hydrogen-bond donors (Lipinski definition) is 1. The summed E-state index contributed by atoms with van der Waals surface area (Å²) in [6.07, 6.45) is 0.804. The van der Waals surface area contributed by atoms with Crippen LogP contribution in [-0.2, 0) is 13.1 Å². The lowest BCUT2D eigenvalue weighted by molar-refractivity contribution is 0.0745. The van der Waals surface area contributed by atoms with Gasteiger partial charge in [-0.1, -0.05) is 67.1 Å². The molecule has 1 aliphatic heterocycles. The predicted molar refractivity (Wildman–Crippen MR) is 120 cm³/mol. The van der Waals surface area contributed by atoms with Crippen molar-refractivity contribution in [1.82, 2.24) is 20.0 Å². The van der Waals surface area contributed by atoms with Gasteiger partial charge in [-0.05, 0) is 30.4 Å². The highest BCUT2D eigenvalue weighted by atomic mass is 16.2. The van der Waals surface area contributed by atoms with E-state index >= 15 is 0 Å². The van der Waals surface area contributed by atoms with Gasteiger partial charge in [0.05, 0.1) is 0 Å². The smallest absolute Gasteiger partial charge is 0.272 e. The molecule has 0 aliphatic carbocycles. The molecule has 160 valence electrons. The average molecular weight is 417 g/mol. The number of benzene rings is 2. The van der Waals surface area contributed by atoms with E-state index in [-0.39, 0.29) is 17.7 Å². The second kappa shape index (κ2) is 9.16. The lowest BCUT2D eigenvalue weighted by Crippen LogP contribution is -2.30. The lowest BCUT2D eigenvalue weighted by Gasteiger charge is -2.20. The molecule has 2 heterocycles. The molecule has 1 N–H and O–H groups in total. The first-order valence-corrected chi connectivity index (χ1v) is 10.8. The van der Waals surface area contributed by atoms with Crippen molar-refractivity contribution in [1.29, 1.82) is 0 Å². The number of amides is 2. The zero-order chi connectivity index (χ0) is 21.8. The van der Waals surface area contributed by atoms with Crippen molar-refractivity contribution < 1.29 is 9.59 Å². The number of hydrogen-bond acceptors (Lipinski definition) is 3. The number of fused-ring (bicyclic) bond motifs is 1. The Kier molecular flexibility index (Phi) is 6.16. The first-order valence-electron chi connectivity index (χ1n) is 10.8. The number of aromatic nitrogens is 2. The second-order valence-electron chi connectivity index (χ2n) is 8.23. The molecule has 0 saturated carbocycles. The van der Waals surface area contributed by atoms with Gasteiger partial charge in [0.1, 0.15) is 5.69 Å². The molecule has 0 saturated heterocycles. The molecule has 0 radical (unpaired) electrons. The standard InChI is InChI=1S/C25H28N4O2/c1-18-9-11-20(12-10-18)17-28-13-6-14-29-23(25(28)31)15-22(27-29)24(30)26-16-19(2)21-7-4-3-5-8-21/h3-5,7-12,15,19H,6,13-14,16-17H2,1-2H3,(H,26,30)/t19-/m0/s1. The summed E-state index contributed by atoms with van der Waals surface area (Å²) in [5, 5.41) is 7.38. The van der Waals surface area contributed by atoms with Gasteiger partial charge in [0, 0.05) is 32.2 Å². The van der Waals surface area contributed by atoms with Gasteiger partial charge in [0.25, 0.3) is 11.8 Å². The molecule has 0 spiro atoms. The second-order valence-corrected chi connectivity index (χ2v) is 8.23. The van der Waals surface area contributed by atoms with Gasteiger partial charge in [-0.3, -0.25) is 14.3 Å². The largest absolute Gasteiger partial charge is 0.350 e. The van der Waals surface area contributed by atoms with Crippen LogP contribution < -0.4 is 5.32 Å². The summed E-state index contributed by atoms with van der Waals surface area (Å²) in [6, 6.07) is 19.9. The minimum Gasteiger partial charge on any atom is -0.350 e. The Bertz CT molecular complexity index is 1060. The van der Waals surface area contributed by atoms with E-state index in [0.717, 1.165) is 12.0 Å². The van der Waals surface area contributed by atoms with Gasteiger partial charge < -0.3 is 10.2 Å². The number of carbonyl (C=O) groups is 2. The summed E-state index contributed by atoms with van der Waals surface area (Å²) in [7, 11) is 0. The van der Waals surface area contributed by atoms with Gasteiger partial charge in [-0.25, -0.2) is 0 Å². The normalized spacial score (nSPS) is 14.6. The van der Waals surface area contributed by atoms with E-state index in [4.69, 9.17) is 0 Å². The van der Waals surface area contributed by atoms with E-state index < -0.39 is 0 Å². The molecule has 0 unspecified atom stereocenters. The van der Waals surface area contributed by atoms with Crippen molar-refractivity contribution in [2.24, 2.45) is 0 Å². The first-order chi connectivity index (χ1) is 15.0. The predicted octanol–water partition coefficient (Wildman–Crippen LogP) is 3.77. The highest BCUT2D eigenvalue weighted by Crippen LogP contribution is 2.18. The molecule has 1 aromatic heterocycles. The zero-order valence-corrected chi connectivity index (χ0v) is 18.0. The van der Waals surface area contributed by atoms with Crippen LogP contribution in [0.1, 0.15) is 56.9 Å². The molecule has 4 rings (SSSR count). The summed E-state index contributed by atoms with van der Waals surface area (Å²) in [5.41, 5.74) is 4.23. The van der Waals surface area contributed by atoms with Crippen molar-refractivity contribution in [3.63, 3.8) is 0 Å². The third-order valence-corrected chi connectivity index (χ3v) is 5.75. The van der Waals surface area contributed by atoms with Gasteiger partial charge in [0.2, 0.25) is 0 Å². The van der Waals surface area contributed by atoms with E-state index in [0.29, 0.717) is 37.6 Å². The van der Waals surface area contributed by atoms with Gasteiger partial charge in [-0.2, -0.15) is 5.10 Å². The minimum absolute atomic E-state index is 0.0812. The quantitative estimate of drug-likeness (QED) is 0.665. The number of nitrogens with one attached hydrogen (secondary N) is 1. The van der Waals surface area contributed by atoms with Gasteiger partial charge in [0.15, 0.2) is 5.69 Å². The van der Waals surface area contributed by atoms with Gasteiger partial charge >= 0.3 is 0 Å². The molecule has 3 aromatic rings. The maximum Gasteiger partial charge on any atom is 0.272 e. The summed E-state index contributed by atoms with van der Waals surface area (Å²) in [5.74, 6) is -0.138. The lowest BCUT2D eigenvalue weighted by atomic mass is 10.0. The number of rotatable bonds is 6. The van der Waals surface area contributed by atoms with Crippen LogP contribution in [0.4, 0.5) is 0 Å². The molecule has 1 aliphatic rings. The molecular formula is C25H28N4O2. The monoisotopic (exact) mass is 416 g/mol. The molecule has 0 bridgehead atoms. The van der Waals surface area contributed by atoms with E-state index in [1.807, 2.05) is 30.0 Å². The van der Waals surface area contributed by atoms with Crippen LogP contribution in [0.5, 0.6) is 0 Å². The number of aryl methyl sites for hydroxylation is 2. The van der Waals surface area contributed by atoms with Crippen LogP contribution in [0.3, 0.4) is 0 Å². The topological polar surface area (TPSA) is 67.2 Å². The fraction of sp³-hybridized carbons (Fsp3) is 0.320. The van der Waals surface area contributed by atoms with Crippen LogP contribution >= 0.6 is 0 Å². The van der Waals surface area contributed by atoms with Gasteiger partial charge in [-0.15, -0.1) is 0 Å². The number of carbonyl (C=O) groups excluding carboxylic acids is 2. The Morgan fingerprint density at radius 2 is 1.84 bits per heavy atom. The molecule has 1 atom stereocenters. The van der Waals surface area contributed by atoms with Crippen LogP contribution in [0.15, 0.2) is 60.7 Å². The molecule has 0 fully saturated rings. The fourth-order valence-electron chi connectivity index (χ4n) is 3.85. The SMILES string of the molecule is Cc1ccc(CN2CCCn3nc(C(=O)NC[C@H](C)c4ccccc4)cc3C2=O)cc1. The van der Waals surface area contributed by atoms with E-state index in [1.54, 1.807) is 10.7 Å². The molecule has 6 heteroatoms. The molecule has 2 amide bonds. The first kappa shape index (κ1) is 20.8. The molecular weight excluding hydrogens is 388 g/mol. The van der Waals surface area contributed by atoms with Crippen LogP contribution in [0, 0.1) is 6.92 Å². The highest BCUT2D eigenvalue weighted by Gasteiger charge is 2.26. The van der Waals surface area contributed by atoms with Crippen LogP contribution in [0.2, 0.25) is 0 Å². The fourth-order valence-corrected chi connectivity index (χ4v) is 3.85. The Labute approximate surface area is 182 Å². The Morgan fingerprint density at radius 3 is 2.58 bits per heavy atom. The summed E-state index contributed by atoms with van der Waals surface area (Å²) < 4.78 is 1.67. The third kappa shape index (κ3) is 4.85. The van der Waals surface area contributed by atoms with E-state index in [1.165, 1.54) is 11.1 Å². The van der Waals surface area contributed by atoms with Crippen molar-refractivity contribution in [2.45, 2.75) is 39.3 Å². The minimum atomic E-state index is -0.249. The summed E-state index contributed by atoms with van der Waals surface area (Å²) >= 11 is 0. The van der Waals surface area contributed by atoms with E-state index in [9.17, 15) is 9.59 Å². The van der Waals surface area contributed by atoms with E-state index in [2.05, 4.69) is 53.7 Å². The molecule has 6 nitrogen and oxygen atoms in total. The molecule has 31 heavy (non-hydrogen) atoms.